The largest absolute Gasteiger partial charge is 0.504 e. The number of hydrogen-bond acceptors (Lipinski definition) is 23. The Kier molecular flexibility index (Phi) is 37.3. The van der Waals surface area contributed by atoms with Gasteiger partial charge in [-0.15, -0.1) is 0 Å². The van der Waals surface area contributed by atoms with E-state index in [2.05, 4.69) is 123 Å². The Morgan fingerprint density at radius 1 is 0.468 bits per heavy atom. The Labute approximate surface area is 845 Å². The second kappa shape index (κ2) is 47.7. The van der Waals surface area contributed by atoms with Gasteiger partial charge in [0.05, 0.1) is 122 Å². The minimum Gasteiger partial charge on any atom is -0.504 e. The fourth-order valence-corrected chi connectivity index (χ4v) is 19.9. The number of furan rings is 6. The summed E-state index contributed by atoms with van der Waals surface area (Å²) in [5.74, 6) is 0.692. The third kappa shape index (κ3) is 28.4. The zero-order valence-electron chi connectivity index (χ0n) is 81.5. The summed E-state index contributed by atoms with van der Waals surface area (Å²) in [5, 5.41) is 26.3. The van der Waals surface area contributed by atoms with Gasteiger partial charge in [-0.3, -0.25) is 52.8 Å². The Hall–Kier alpha value is -10.7. The molecule has 1 fully saturated rings. The van der Waals surface area contributed by atoms with Crippen molar-refractivity contribution in [2.24, 2.45) is 44.6 Å². The van der Waals surface area contributed by atoms with E-state index in [0.29, 0.717) is 35.5 Å². The summed E-state index contributed by atoms with van der Waals surface area (Å²) >= 11 is 10.5. The summed E-state index contributed by atoms with van der Waals surface area (Å²) in [5.41, 5.74) is 18.5. The van der Waals surface area contributed by atoms with Gasteiger partial charge in [0.15, 0.2) is 28.9 Å². The quantitative estimate of drug-likeness (QED) is 0.0235. The highest BCUT2D eigenvalue weighted by atomic mass is 127. The van der Waals surface area contributed by atoms with E-state index in [1.54, 1.807) is 124 Å². The van der Waals surface area contributed by atoms with Gasteiger partial charge in [-0.25, -0.2) is 12.7 Å². The van der Waals surface area contributed by atoms with E-state index in [1.807, 2.05) is 76.2 Å². The second-order valence-electron chi connectivity index (χ2n) is 40.3. The number of fused-ring (bicyclic) bond motifs is 1. The highest BCUT2D eigenvalue weighted by molar-refractivity contribution is 14.1. The van der Waals surface area contributed by atoms with Crippen molar-refractivity contribution in [2.45, 2.75) is 247 Å². The van der Waals surface area contributed by atoms with Crippen LogP contribution >= 0.6 is 56.8 Å². The van der Waals surface area contributed by atoms with Gasteiger partial charge in [0, 0.05) is 90.0 Å². The number of halogens is 3. The molecule has 0 bridgehead atoms. The van der Waals surface area contributed by atoms with Crippen molar-refractivity contribution in [2.75, 3.05) is 24.7 Å². The first kappa shape index (κ1) is 109. The van der Waals surface area contributed by atoms with E-state index in [0.717, 1.165) is 170 Å². The molecule has 7 heterocycles. The molecule has 9 aliphatic carbocycles. The van der Waals surface area contributed by atoms with Crippen LogP contribution in [0.1, 0.15) is 272 Å². The van der Waals surface area contributed by atoms with Crippen molar-refractivity contribution >= 4 is 164 Å². The summed E-state index contributed by atoms with van der Waals surface area (Å²) in [4.78, 5) is 117. The van der Waals surface area contributed by atoms with Crippen LogP contribution in [0.2, 0.25) is 5.02 Å². The van der Waals surface area contributed by atoms with Gasteiger partial charge in [0.1, 0.15) is 27.8 Å². The first-order chi connectivity index (χ1) is 65.7. The molecule has 0 spiro atoms. The van der Waals surface area contributed by atoms with Gasteiger partial charge >= 0.3 is 0 Å². The highest BCUT2D eigenvalue weighted by Crippen LogP contribution is 2.47. The fraction of sp³-hybridized carbons (Fsp3) is 0.418. The monoisotopic (exact) mass is 2160 g/mol. The molecule has 25 nitrogen and oxygen atoms in total. The molecule has 9 aromatic rings. The van der Waals surface area contributed by atoms with E-state index < -0.39 is 31.5 Å². The number of imide groups is 1. The number of ketones is 6. The molecule has 2 amide bonds. The summed E-state index contributed by atoms with van der Waals surface area (Å²) in [6, 6.07) is 20.8. The number of rotatable bonds is 13. The average Bonchev–Trinajstić information content (AvgIpc) is 1.45. The summed E-state index contributed by atoms with van der Waals surface area (Å²) in [7, 11) is -1.46. The number of phenols is 1. The molecule has 6 atom stereocenters. The number of anilines is 3. The molecule has 3 aromatic carbocycles. The number of benzene rings is 2. The number of aromatic hydroxyl groups is 1. The number of Topliss-reactive ketones (excluding diaryl/α,β-unsaturated/α-hetero) is 2. The molecular weight excluding hydrogens is 2030 g/mol. The highest BCUT2D eigenvalue weighted by Gasteiger charge is 2.47. The van der Waals surface area contributed by atoms with Crippen LogP contribution in [-0.2, 0) is 38.8 Å². The lowest BCUT2D eigenvalue weighted by molar-refractivity contribution is -0.129. The van der Waals surface area contributed by atoms with Crippen LogP contribution in [0, 0.1) is 38.9 Å². The van der Waals surface area contributed by atoms with Crippen LogP contribution in [0.25, 0.3) is 33.4 Å². The predicted octanol–water partition coefficient (Wildman–Crippen LogP) is 24.5. The Bertz CT molecular complexity index is 6200. The van der Waals surface area contributed by atoms with Crippen molar-refractivity contribution in [1.82, 2.24) is 9.21 Å². The maximum atomic E-state index is 12.8. The molecule has 1 aliphatic heterocycles. The number of hydrogen-bond donors (Lipinski definition) is 5. The predicted molar refractivity (Wildman–Crippen MR) is 559 cm³/mol. The number of phenolic OH excluding ortho intramolecular Hbond substituents is 1. The first-order valence-electron chi connectivity index (χ1n) is 47.2. The Balaban J connectivity index is 0.000000157. The number of aliphatic hydroxyl groups is 1. The molecular formula is C110H128ClI2N5O20S. The zero-order valence-corrected chi connectivity index (χ0v) is 87.4. The standard InChI is InChI=1S/C24H26ClN3O6S.C20H19NO3.C12H17NO.C12H16O2.C12H14O2.C11H12O2.C7H9IO.C6H7IO.C6H8O2/c1-24(2)9-7-13(14-8-10-34-12-14)11-17(24)27-19-18(21(30)22(19)31)26-16-6-5-15(25)23(20(16)29)35(32,33)28(3)4;1-20(2)9-7-13(14-8-10-24-12-14)11-17(20)21-18(22)15-5-3-4-6-16(15)19(21)23;3*1-12(2)5-3-9(7-11(12)13)10-4-6-14-8-10;1-8-2-3-9(6-11(8)12)10-4-5-13-7-10;1-5-2-3-6(8)4-7(5)9;2*7-5-2-1-3-6(8)4-5/h5-6,8,10-12,17,26-27,29H,7,9H2,1-4H3;3-6,8,10-12,17H,7,9H2,1-2H3;4,6-8,11H,3,5,13H2,1-2H3;4,6-8,11,13H,3,5H2,1-2H3;4,6-8H,3,5H2,1-2H3;4-8H,2-3H2,1H3;4-5H,2-3H2,1H3;4H,1-3H2;1-4H2. The normalized spacial score (nSPS) is 22.1. The van der Waals surface area contributed by atoms with Crippen molar-refractivity contribution in [1.29, 1.82) is 0 Å². The lowest BCUT2D eigenvalue weighted by atomic mass is 9.73. The van der Waals surface area contributed by atoms with Crippen LogP contribution in [0.3, 0.4) is 0 Å². The van der Waals surface area contributed by atoms with Crippen LogP contribution < -0.4 is 27.2 Å². The minimum absolute atomic E-state index is 0.00718. The Morgan fingerprint density at radius 3 is 1.32 bits per heavy atom. The molecule has 6 unspecified atom stereocenters. The molecule has 19 rings (SSSR count). The minimum atomic E-state index is -4.08. The van der Waals surface area contributed by atoms with Gasteiger partial charge in [0.25, 0.3) is 22.7 Å². The molecule has 139 heavy (non-hydrogen) atoms. The van der Waals surface area contributed by atoms with E-state index >= 15 is 0 Å². The number of nitrogens with two attached hydrogens (primary N) is 1. The summed E-state index contributed by atoms with van der Waals surface area (Å²) < 4.78 is 59.1. The maximum Gasteiger partial charge on any atom is 0.262 e. The first-order valence-corrected chi connectivity index (χ1v) is 51.2. The van der Waals surface area contributed by atoms with Crippen LogP contribution in [0.4, 0.5) is 17.1 Å². The molecule has 6 aromatic heterocycles. The van der Waals surface area contributed by atoms with Gasteiger partial charge in [-0.05, 0) is 302 Å². The number of aliphatic hydroxyl groups excluding tert-OH is 1. The number of sulfonamides is 1. The molecule has 0 saturated heterocycles. The third-order valence-electron chi connectivity index (χ3n) is 27.4. The average molecular weight is 2160 g/mol. The number of nitrogens with one attached hydrogen (secondary N) is 2. The lowest BCUT2D eigenvalue weighted by Gasteiger charge is -2.41. The SMILES string of the molecule is CC1(C)CCC(c2ccoc2)=CC1=O.CC1(C)CCC(c2ccoc2)=CC1N.CC1(C)CCC(c2ccoc2)=CC1N1C(=O)c2ccccc2C1=O.CC1(C)CCC(c2ccoc2)=CC1O.CC1CCC(I)=CC1=O.CC1CCC(c2ccoc2)=CC1=O.CN(C)S(=O)(=O)c1c(Cl)ccc(Nc2c(NC3C=C(c4ccoc4)CCC3(C)C)c(=O)c2=O)c1O.O=C1C=C(I)CCC1.O=C1CCCC(=O)C1. The lowest BCUT2D eigenvalue weighted by Crippen LogP contribution is -2.48. The van der Waals surface area contributed by atoms with Crippen LogP contribution in [0.15, 0.2) is 245 Å². The zero-order chi connectivity index (χ0) is 101. The number of carbonyl (C=O) groups excluding carboxylic acids is 8. The number of nitrogens with zero attached hydrogens (tertiary/aromatic N) is 2. The molecule has 29 heteroatoms. The van der Waals surface area contributed by atoms with Crippen molar-refractivity contribution in [3.8, 4) is 5.75 Å². The second-order valence-corrected chi connectivity index (χ2v) is 45.6. The number of carbonyl (C=O) groups is 8. The molecule has 0 radical (unpaired) electrons. The number of allylic oxidation sites excluding steroid dienone is 12. The van der Waals surface area contributed by atoms with Crippen molar-refractivity contribution in [3.63, 3.8) is 0 Å². The molecule has 10 aliphatic rings. The number of amides is 2. The fourth-order valence-electron chi connectivity index (χ4n) is 17.1. The van der Waals surface area contributed by atoms with E-state index in [1.165, 1.54) is 55.0 Å². The van der Waals surface area contributed by atoms with E-state index in [-0.39, 0.29) is 127 Å². The van der Waals surface area contributed by atoms with E-state index in [4.69, 9.17) is 43.8 Å². The van der Waals surface area contributed by atoms with E-state index in [9.17, 15) is 66.6 Å². The van der Waals surface area contributed by atoms with Gasteiger partial charge in [-0.2, -0.15) is 0 Å². The van der Waals surface area contributed by atoms with Gasteiger partial charge < -0.3 is 53.1 Å². The topological polar surface area (TPSA) is 381 Å². The summed E-state index contributed by atoms with van der Waals surface area (Å²) in [6.45, 7) is 25.0. The van der Waals surface area contributed by atoms with Crippen LogP contribution in [0.5, 0.6) is 5.75 Å². The molecule has 6 N–H and O–H groups in total. The smallest absolute Gasteiger partial charge is 0.262 e. The van der Waals surface area contributed by atoms with Crippen molar-refractivity contribution < 1.29 is 83.5 Å². The van der Waals surface area contributed by atoms with Crippen LogP contribution in [-0.4, -0.2) is 113 Å². The third-order valence-corrected chi connectivity index (χ3v) is 31.4. The Morgan fingerprint density at radius 2 is 0.892 bits per heavy atom. The van der Waals surface area contributed by atoms with Gasteiger partial charge in [-0.1, -0.05) is 131 Å². The molecule has 740 valence electrons. The maximum absolute atomic E-state index is 12.8. The van der Waals surface area contributed by atoms with Crippen molar-refractivity contribution in [3.05, 3.63) is 274 Å². The molecule has 1 saturated carbocycles. The van der Waals surface area contributed by atoms with Gasteiger partial charge in [0.2, 0.25) is 10.0 Å². The summed E-state index contributed by atoms with van der Waals surface area (Å²) in [6.07, 6.45) is 53.9.